The van der Waals surface area contributed by atoms with Crippen molar-refractivity contribution in [2.45, 2.75) is 19.4 Å². The van der Waals surface area contributed by atoms with E-state index in [1.54, 1.807) is 5.32 Å². The van der Waals surface area contributed by atoms with Crippen LogP contribution in [0, 0.1) is 18.6 Å². The van der Waals surface area contributed by atoms with Crippen LogP contribution in [0.2, 0.25) is 0 Å². The van der Waals surface area contributed by atoms with Gasteiger partial charge in [-0.3, -0.25) is 9.59 Å². The highest BCUT2D eigenvalue weighted by Crippen LogP contribution is 2.16. The highest BCUT2D eigenvalue weighted by atomic mass is 19.1. The van der Waals surface area contributed by atoms with Crippen LogP contribution >= 0.6 is 0 Å². The van der Waals surface area contributed by atoms with Gasteiger partial charge in [-0.25, -0.2) is 13.6 Å². The van der Waals surface area contributed by atoms with Crippen molar-refractivity contribution >= 4 is 17.8 Å². The molecule has 1 aromatic carbocycles. The van der Waals surface area contributed by atoms with E-state index in [0.29, 0.717) is 0 Å². The Morgan fingerprint density at radius 3 is 2.35 bits per heavy atom. The summed E-state index contributed by atoms with van der Waals surface area (Å²) in [6.07, 6.45) is -0.907. The monoisotopic (exact) mass is 287 g/mol. The molecule has 0 radical (unpaired) electrons. The second-order valence-corrected chi connectivity index (χ2v) is 4.02. The van der Waals surface area contributed by atoms with Crippen LogP contribution in [-0.4, -0.2) is 34.1 Å². The fourth-order valence-corrected chi connectivity index (χ4v) is 1.47. The van der Waals surface area contributed by atoms with Crippen LogP contribution in [0.25, 0.3) is 0 Å². The molecule has 1 unspecified atom stereocenters. The molecule has 0 aliphatic rings. The second kappa shape index (κ2) is 6.09. The predicted molar refractivity (Wildman–Crippen MR) is 62.2 cm³/mol. The molecule has 6 nitrogen and oxygen atoms in total. The number of aliphatic carboxylic acids is 2. The van der Waals surface area contributed by atoms with E-state index in [4.69, 9.17) is 10.2 Å². The number of hydrogen-bond donors (Lipinski definition) is 3. The van der Waals surface area contributed by atoms with Gasteiger partial charge in [-0.15, -0.1) is 0 Å². The number of benzene rings is 1. The van der Waals surface area contributed by atoms with Crippen molar-refractivity contribution < 1.29 is 33.4 Å². The molecule has 0 fully saturated rings. The first-order chi connectivity index (χ1) is 9.23. The first-order valence-corrected chi connectivity index (χ1v) is 5.44. The minimum absolute atomic E-state index is 0.00154. The number of carbonyl (C=O) groups excluding carboxylic acids is 1. The number of amides is 1. The number of carboxylic acid groups (broad SMARTS) is 2. The molecule has 0 spiro atoms. The summed E-state index contributed by atoms with van der Waals surface area (Å²) in [4.78, 5) is 32.9. The summed E-state index contributed by atoms with van der Waals surface area (Å²) in [6.45, 7) is 1.30. The summed E-state index contributed by atoms with van der Waals surface area (Å²) in [5.74, 6) is -6.69. The topological polar surface area (TPSA) is 104 Å². The number of aryl methyl sites for hydroxylation is 1. The Kier molecular flexibility index (Phi) is 4.73. The molecule has 8 heteroatoms. The molecule has 1 atom stereocenters. The molecule has 1 amide bonds. The summed E-state index contributed by atoms with van der Waals surface area (Å²) in [5, 5.41) is 19.0. The number of halogens is 2. The summed E-state index contributed by atoms with van der Waals surface area (Å²) in [7, 11) is 0. The van der Waals surface area contributed by atoms with Gasteiger partial charge in [0.1, 0.15) is 23.2 Å². The minimum atomic E-state index is -1.78. The zero-order chi connectivity index (χ0) is 15.4. The summed E-state index contributed by atoms with van der Waals surface area (Å²) in [5.41, 5.74) is -0.941. The van der Waals surface area contributed by atoms with Crippen LogP contribution < -0.4 is 5.32 Å². The normalized spacial score (nSPS) is 11.8. The third-order valence-corrected chi connectivity index (χ3v) is 2.49. The smallest absolute Gasteiger partial charge is 0.326 e. The standard InChI is InChI=1S/C12H11F2NO5/c1-5-2-3-6(13)9(10(5)14)11(18)15-7(12(19)20)4-8(16)17/h2-3,7H,4H2,1H3,(H,15,18)(H,16,17)(H,19,20). The van der Waals surface area contributed by atoms with Crippen molar-refractivity contribution in [3.63, 3.8) is 0 Å². The lowest BCUT2D eigenvalue weighted by molar-refractivity contribution is -0.145. The van der Waals surface area contributed by atoms with Crippen molar-refractivity contribution in [1.82, 2.24) is 5.32 Å². The molecule has 0 aromatic heterocycles. The van der Waals surface area contributed by atoms with E-state index in [1.165, 1.54) is 6.92 Å². The average molecular weight is 287 g/mol. The number of carbonyl (C=O) groups is 3. The quantitative estimate of drug-likeness (QED) is 0.747. The molecule has 0 aliphatic carbocycles. The van der Waals surface area contributed by atoms with Crippen LogP contribution in [0.1, 0.15) is 22.3 Å². The van der Waals surface area contributed by atoms with Crippen LogP contribution in [0.3, 0.4) is 0 Å². The Balaban J connectivity index is 3.04. The number of nitrogens with one attached hydrogen (secondary N) is 1. The van der Waals surface area contributed by atoms with Gasteiger partial charge < -0.3 is 15.5 Å². The zero-order valence-electron chi connectivity index (χ0n) is 10.3. The van der Waals surface area contributed by atoms with Crippen molar-refractivity contribution in [3.05, 3.63) is 34.9 Å². The first-order valence-electron chi connectivity index (χ1n) is 5.44. The molecule has 1 aromatic rings. The molecule has 0 saturated heterocycles. The molecule has 0 bridgehead atoms. The molecular weight excluding hydrogens is 276 g/mol. The molecule has 0 saturated carbocycles. The highest BCUT2D eigenvalue weighted by Gasteiger charge is 2.27. The van der Waals surface area contributed by atoms with E-state index < -0.39 is 47.5 Å². The summed E-state index contributed by atoms with van der Waals surface area (Å²) >= 11 is 0. The summed E-state index contributed by atoms with van der Waals surface area (Å²) in [6, 6.07) is 0.201. The van der Waals surface area contributed by atoms with Gasteiger partial charge in [0.2, 0.25) is 0 Å². The van der Waals surface area contributed by atoms with Crippen molar-refractivity contribution in [2.24, 2.45) is 0 Å². The second-order valence-electron chi connectivity index (χ2n) is 4.02. The van der Waals surface area contributed by atoms with E-state index in [1.807, 2.05) is 0 Å². The first kappa shape index (κ1) is 15.5. The third-order valence-electron chi connectivity index (χ3n) is 2.49. The number of hydrogen-bond acceptors (Lipinski definition) is 3. The average Bonchev–Trinajstić information content (AvgIpc) is 2.33. The SMILES string of the molecule is Cc1ccc(F)c(C(=O)NC(CC(=O)O)C(=O)O)c1F. The Morgan fingerprint density at radius 1 is 1.25 bits per heavy atom. The van der Waals surface area contributed by atoms with E-state index in [2.05, 4.69) is 0 Å². The van der Waals surface area contributed by atoms with Gasteiger partial charge in [0.25, 0.3) is 5.91 Å². The lowest BCUT2D eigenvalue weighted by Crippen LogP contribution is -2.42. The van der Waals surface area contributed by atoms with Crippen molar-refractivity contribution in [2.75, 3.05) is 0 Å². The van der Waals surface area contributed by atoms with E-state index >= 15 is 0 Å². The minimum Gasteiger partial charge on any atom is -0.481 e. The molecule has 3 N–H and O–H groups in total. The van der Waals surface area contributed by atoms with Crippen LogP contribution in [0.5, 0.6) is 0 Å². The number of carboxylic acids is 2. The van der Waals surface area contributed by atoms with Gasteiger partial charge in [-0.2, -0.15) is 0 Å². The van der Waals surface area contributed by atoms with Crippen LogP contribution in [0.4, 0.5) is 8.78 Å². The highest BCUT2D eigenvalue weighted by molar-refractivity contribution is 5.98. The summed E-state index contributed by atoms with van der Waals surface area (Å²) < 4.78 is 27.1. The molecule has 0 heterocycles. The van der Waals surface area contributed by atoms with E-state index in [9.17, 15) is 23.2 Å². The van der Waals surface area contributed by atoms with Crippen molar-refractivity contribution in [3.8, 4) is 0 Å². The lowest BCUT2D eigenvalue weighted by atomic mass is 10.1. The van der Waals surface area contributed by atoms with Gasteiger partial charge >= 0.3 is 11.9 Å². The Hall–Kier alpha value is -2.51. The van der Waals surface area contributed by atoms with E-state index in [-0.39, 0.29) is 5.56 Å². The zero-order valence-corrected chi connectivity index (χ0v) is 10.3. The van der Waals surface area contributed by atoms with Gasteiger partial charge in [0, 0.05) is 0 Å². The van der Waals surface area contributed by atoms with Gasteiger partial charge in [0.15, 0.2) is 0 Å². The Morgan fingerprint density at radius 2 is 1.85 bits per heavy atom. The molecule has 20 heavy (non-hydrogen) atoms. The van der Waals surface area contributed by atoms with E-state index in [0.717, 1.165) is 12.1 Å². The van der Waals surface area contributed by atoms with Gasteiger partial charge in [-0.1, -0.05) is 6.07 Å². The predicted octanol–water partition coefficient (Wildman–Crippen LogP) is 0.931. The Labute approximate surface area is 112 Å². The van der Waals surface area contributed by atoms with Gasteiger partial charge in [0.05, 0.1) is 6.42 Å². The lowest BCUT2D eigenvalue weighted by Gasteiger charge is -2.13. The molecule has 0 aliphatic heterocycles. The molecular formula is C12H11F2NO5. The maximum absolute atomic E-state index is 13.7. The number of rotatable bonds is 5. The maximum atomic E-state index is 13.7. The van der Waals surface area contributed by atoms with Crippen LogP contribution in [0.15, 0.2) is 12.1 Å². The largest absolute Gasteiger partial charge is 0.481 e. The Bertz CT molecular complexity index is 573. The maximum Gasteiger partial charge on any atom is 0.326 e. The van der Waals surface area contributed by atoms with Crippen LogP contribution in [-0.2, 0) is 9.59 Å². The third kappa shape index (κ3) is 3.50. The van der Waals surface area contributed by atoms with Crippen molar-refractivity contribution in [1.29, 1.82) is 0 Å². The van der Waals surface area contributed by atoms with Gasteiger partial charge in [-0.05, 0) is 18.6 Å². The molecule has 108 valence electrons. The fourth-order valence-electron chi connectivity index (χ4n) is 1.47. The fraction of sp³-hybridized carbons (Fsp3) is 0.250. The molecule has 1 rings (SSSR count).